The van der Waals surface area contributed by atoms with Gasteiger partial charge in [0.05, 0.1) is 19.3 Å². The zero-order valence-electron chi connectivity index (χ0n) is 20.6. The quantitative estimate of drug-likeness (QED) is 0.216. The molecule has 11 heteroatoms. The van der Waals surface area contributed by atoms with E-state index in [-0.39, 0.29) is 37.6 Å². The monoisotopic (exact) mass is 497 g/mol. The minimum Gasteiger partial charge on any atom is -0.480 e. The van der Waals surface area contributed by atoms with E-state index in [1.165, 1.54) is 18.2 Å². The molecule has 0 fully saturated rings. The lowest BCUT2D eigenvalue weighted by Crippen LogP contribution is -2.38. The fraction of sp³-hybridized carbons (Fsp3) is 0.583. The van der Waals surface area contributed by atoms with Gasteiger partial charge < -0.3 is 34.5 Å². The van der Waals surface area contributed by atoms with Crippen molar-refractivity contribution in [3.63, 3.8) is 0 Å². The van der Waals surface area contributed by atoms with Gasteiger partial charge in [0.2, 0.25) is 0 Å². The summed E-state index contributed by atoms with van der Waals surface area (Å²) in [6.07, 6.45) is -0.593. The average molecular weight is 498 g/mol. The summed E-state index contributed by atoms with van der Waals surface area (Å²) >= 11 is 0. The Morgan fingerprint density at radius 1 is 0.914 bits per heavy atom. The summed E-state index contributed by atoms with van der Waals surface area (Å²) in [7, 11) is 0. The fourth-order valence-electron chi connectivity index (χ4n) is 3.08. The van der Waals surface area contributed by atoms with Crippen LogP contribution in [0.1, 0.15) is 71.3 Å². The molecule has 11 nitrogen and oxygen atoms in total. The molecule has 1 rings (SSSR count). The third kappa shape index (κ3) is 10.6. The molecule has 0 radical (unpaired) electrons. The second-order valence-corrected chi connectivity index (χ2v) is 7.86. The van der Waals surface area contributed by atoms with E-state index < -0.39 is 42.3 Å². The van der Waals surface area contributed by atoms with Crippen molar-refractivity contribution in [2.45, 2.75) is 77.9 Å². The van der Waals surface area contributed by atoms with Gasteiger partial charge in [0, 0.05) is 12.3 Å². The van der Waals surface area contributed by atoms with Gasteiger partial charge in [-0.2, -0.15) is 0 Å². The number of ether oxygens (including phenoxy) is 5. The molecule has 35 heavy (non-hydrogen) atoms. The Morgan fingerprint density at radius 2 is 1.49 bits per heavy atom. The van der Waals surface area contributed by atoms with Crippen molar-refractivity contribution in [1.82, 2.24) is 0 Å². The van der Waals surface area contributed by atoms with E-state index in [9.17, 15) is 24.3 Å². The lowest BCUT2D eigenvalue weighted by Gasteiger charge is -2.25. The van der Waals surface area contributed by atoms with Gasteiger partial charge in [-0.3, -0.25) is 9.59 Å². The largest absolute Gasteiger partial charge is 0.513 e. The maximum atomic E-state index is 12.1. The SMILES string of the molecule is CCCOC(=O)Oc1ccc(C(CC(C)OC(=O)CCC)[C@H](N)C(=O)O)cc1OC(=O)OCCC. The van der Waals surface area contributed by atoms with E-state index >= 15 is 0 Å². The standard InChI is InChI=1S/C24H35NO10/c1-5-8-20(26)33-15(4)13-17(21(25)22(27)28)16-9-10-18(34-23(29)31-11-6-2)19(14-16)35-24(30)32-12-7-3/h9-10,14-15,17,21H,5-8,11-13,25H2,1-4H3,(H,27,28)/t15?,17?,21-/m0/s1. The number of hydrogen-bond acceptors (Lipinski definition) is 10. The van der Waals surface area contributed by atoms with Crippen molar-refractivity contribution in [2.24, 2.45) is 5.73 Å². The summed E-state index contributed by atoms with van der Waals surface area (Å²) in [5.74, 6) is -2.81. The highest BCUT2D eigenvalue weighted by atomic mass is 16.7. The van der Waals surface area contributed by atoms with Crippen LogP contribution < -0.4 is 15.2 Å². The number of hydrogen-bond donors (Lipinski definition) is 2. The Kier molecular flexibility index (Phi) is 13.2. The Morgan fingerprint density at radius 3 is 2.00 bits per heavy atom. The van der Waals surface area contributed by atoms with Crippen LogP contribution in [0, 0.1) is 0 Å². The van der Waals surface area contributed by atoms with Crippen molar-refractivity contribution >= 4 is 24.2 Å². The molecule has 0 spiro atoms. The highest BCUT2D eigenvalue weighted by Gasteiger charge is 2.30. The van der Waals surface area contributed by atoms with E-state index in [0.29, 0.717) is 24.8 Å². The molecule has 0 aliphatic rings. The molecule has 196 valence electrons. The summed E-state index contributed by atoms with van der Waals surface area (Å²) in [5.41, 5.74) is 6.31. The predicted octanol–water partition coefficient (Wildman–Crippen LogP) is 4.15. The van der Waals surface area contributed by atoms with E-state index in [4.69, 9.17) is 29.4 Å². The van der Waals surface area contributed by atoms with Crippen LogP contribution in [-0.4, -0.2) is 54.7 Å². The topological polar surface area (TPSA) is 161 Å². The highest BCUT2D eigenvalue weighted by Crippen LogP contribution is 2.35. The Labute approximate surface area is 204 Å². The molecule has 3 N–H and O–H groups in total. The number of carboxylic acid groups (broad SMARTS) is 1. The Balaban J connectivity index is 3.28. The van der Waals surface area contributed by atoms with Crippen LogP contribution in [0.5, 0.6) is 11.5 Å². The second kappa shape index (κ2) is 15.5. The molecule has 1 aromatic rings. The molecule has 0 aliphatic heterocycles. The van der Waals surface area contributed by atoms with Crippen molar-refractivity contribution in [2.75, 3.05) is 13.2 Å². The van der Waals surface area contributed by atoms with Crippen LogP contribution in [-0.2, 0) is 23.8 Å². The van der Waals surface area contributed by atoms with Crippen LogP contribution in [0.4, 0.5) is 9.59 Å². The number of aliphatic carboxylic acids is 1. The summed E-state index contributed by atoms with van der Waals surface area (Å²) in [5, 5.41) is 9.54. The fourth-order valence-corrected chi connectivity index (χ4v) is 3.08. The highest BCUT2D eigenvalue weighted by molar-refractivity contribution is 5.75. The van der Waals surface area contributed by atoms with E-state index in [0.717, 1.165) is 0 Å². The molecule has 3 atom stereocenters. The van der Waals surface area contributed by atoms with Crippen LogP contribution in [0.25, 0.3) is 0 Å². The van der Waals surface area contributed by atoms with E-state index in [1.54, 1.807) is 13.8 Å². The second-order valence-electron chi connectivity index (χ2n) is 7.86. The maximum absolute atomic E-state index is 12.1. The summed E-state index contributed by atoms with van der Waals surface area (Å²) in [4.78, 5) is 47.6. The summed E-state index contributed by atoms with van der Waals surface area (Å²) < 4.78 is 25.5. The normalized spacial score (nSPS) is 13.2. The number of carbonyl (C=O) groups excluding carboxylic acids is 3. The minimum absolute atomic E-state index is 0.0847. The number of nitrogens with two attached hydrogens (primary N) is 1. The molecule has 0 bridgehead atoms. The number of esters is 1. The Hall–Kier alpha value is -3.34. The molecule has 0 aliphatic carbocycles. The van der Waals surface area contributed by atoms with Crippen molar-refractivity contribution in [3.8, 4) is 11.5 Å². The number of rotatable bonds is 14. The third-order valence-electron chi connectivity index (χ3n) is 4.72. The first-order valence-electron chi connectivity index (χ1n) is 11.6. The molecular weight excluding hydrogens is 462 g/mol. The van der Waals surface area contributed by atoms with Crippen molar-refractivity contribution < 1.29 is 48.0 Å². The van der Waals surface area contributed by atoms with Crippen LogP contribution in [0.15, 0.2) is 18.2 Å². The summed E-state index contributed by atoms with van der Waals surface area (Å²) in [6, 6.07) is 2.80. The van der Waals surface area contributed by atoms with Gasteiger partial charge in [0.15, 0.2) is 11.5 Å². The van der Waals surface area contributed by atoms with Crippen molar-refractivity contribution in [1.29, 1.82) is 0 Å². The molecule has 2 unspecified atom stereocenters. The molecule has 0 saturated carbocycles. The molecular formula is C24H35NO10. The van der Waals surface area contributed by atoms with Gasteiger partial charge in [-0.05, 0) is 50.3 Å². The molecule has 1 aromatic carbocycles. The van der Waals surface area contributed by atoms with E-state index in [1.807, 2.05) is 13.8 Å². The molecule has 0 heterocycles. The smallest absolute Gasteiger partial charge is 0.480 e. The number of carbonyl (C=O) groups is 4. The van der Waals surface area contributed by atoms with Gasteiger partial charge in [0.25, 0.3) is 0 Å². The van der Waals surface area contributed by atoms with Gasteiger partial charge in [-0.15, -0.1) is 0 Å². The molecule has 0 saturated heterocycles. The zero-order chi connectivity index (χ0) is 26.4. The van der Waals surface area contributed by atoms with Crippen molar-refractivity contribution in [3.05, 3.63) is 23.8 Å². The van der Waals surface area contributed by atoms with Gasteiger partial charge in [-0.25, -0.2) is 9.59 Å². The zero-order valence-corrected chi connectivity index (χ0v) is 20.6. The van der Waals surface area contributed by atoms with Crippen LogP contribution >= 0.6 is 0 Å². The van der Waals surface area contributed by atoms with Gasteiger partial charge >= 0.3 is 24.2 Å². The van der Waals surface area contributed by atoms with Gasteiger partial charge in [0.1, 0.15) is 6.04 Å². The Bertz CT molecular complexity index is 857. The molecule has 0 aromatic heterocycles. The van der Waals surface area contributed by atoms with Crippen LogP contribution in [0.3, 0.4) is 0 Å². The average Bonchev–Trinajstić information content (AvgIpc) is 2.80. The number of benzene rings is 1. The lowest BCUT2D eigenvalue weighted by molar-refractivity contribution is -0.148. The first-order valence-corrected chi connectivity index (χ1v) is 11.6. The van der Waals surface area contributed by atoms with Crippen LogP contribution in [0.2, 0.25) is 0 Å². The first kappa shape index (κ1) is 29.7. The summed E-state index contributed by atoms with van der Waals surface area (Å²) in [6.45, 7) is 7.33. The lowest BCUT2D eigenvalue weighted by atomic mass is 9.87. The molecule has 0 amide bonds. The van der Waals surface area contributed by atoms with E-state index in [2.05, 4.69) is 0 Å². The third-order valence-corrected chi connectivity index (χ3v) is 4.72. The predicted molar refractivity (Wildman–Crippen MR) is 124 cm³/mol. The van der Waals surface area contributed by atoms with Gasteiger partial charge in [-0.1, -0.05) is 26.8 Å². The maximum Gasteiger partial charge on any atom is 0.513 e. The number of carboxylic acids is 1. The minimum atomic E-state index is -1.36. The first-order chi connectivity index (χ1) is 16.6.